The molecule has 1 atom stereocenters. The predicted molar refractivity (Wildman–Crippen MR) is 78.6 cm³/mol. The Morgan fingerprint density at radius 3 is 2.90 bits per heavy atom. The van der Waals surface area contributed by atoms with Crippen LogP contribution in [-0.4, -0.2) is 29.3 Å². The summed E-state index contributed by atoms with van der Waals surface area (Å²) in [5.74, 6) is 1.60. The molecule has 1 aliphatic heterocycles. The van der Waals surface area contributed by atoms with E-state index in [1.54, 1.807) is 0 Å². The Labute approximate surface area is 121 Å². The highest BCUT2D eigenvalue weighted by Gasteiger charge is 2.23. The smallest absolute Gasteiger partial charge is 0.318 e. The summed E-state index contributed by atoms with van der Waals surface area (Å²) in [6, 6.07) is 1.40. The van der Waals surface area contributed by atoms with Crippen molar-refractivity contribution in [3.8, 4) is 0 Å². The molecule has 0 spiro atoms. The first-order chi connectivity index (χ1) is 9.85. The van der Waals surface area contributed by atoms with Crippen LogP contribution in [0, 0.1) is 5.92 Å². The van der Waals surface area contributed by atoms with Gasteiger partial charge < -0.3 is 14.6 Å². The minimum absolute atomic E-state index is 0.679. The zero-order valence-corrected chi connectivity index (χ0v) is 12.5. The second kappa shape index (κ2) is 6.57. The first-order valence-electron chi connectivity index (χ1n) is 8.16. The molecule has 1 aromatic heterocycles. The van der Waals surface area contributed by atoms with E-state index in [2.05, 4.69) is 27.3 Å². The highest BCUT2D eigenvalue weighted by atomic mass is 16.4. The van der Waals surface area contributed by atoms with Crippen molar-refractivity contribution in [1.29, 1.82) is 0 Å². The molecular weight excluding hydrogens is 252 g/mol. The van der Waals surface area contributed by atoms with Gasteiger partial charge in [0.05, 0.1) is 6.54 Å². The van der Waals surface area contributed by atoms with Gasteiger partial charge in [0.1, 0.15) is 0 Å². The molecule has 2 fully saturated rings. The van der Waals surface area contributed by atoms with Crippen molar-refractivity contribution in [3.63, 3.8) is 0 Å². The van der Waals surface area contributed by atoms with E-state index in [4.69, 9.17) is 4.42 Å². The lowest BCUT2D eigenvalue weighted by atomic mass is 9.96. The van der Waals surface area contributed by atoms with Gasteiger partial charge in [0.25, 0.3) is 0 Å². The number of aromatic nitrogens is 2. The third-order valence-electron chi connectivity index (χ3n) is 4.39. The fraction of sp³-hybridized carbons (Fsp3) is 0.867. The Bertz CT molecular complexity index is 416. The quantitative estimate of drug-likeness (QED) is 0.867. The van der Waals surface area contributed by atoms with Crippen molar-refractivity contribution in [2.45, 2.75) is 64.5 Å². The fourth-order valence-electron chi connectivity index (χ4n) is 3.02. The fourth-order valence-corrected chi connectivity index (χ4v) is 3.02. The SMILES string of the molecule is CCCC1CCCN(c2nnc(CNC3CC3)o2)CC1. The third kappa shape index (κ3) is 3.72. The third-order valence-corrected chi connectivity index (χ3v) is 4.39. The lowest BCUT2D eigenvalue weighted by Crippen LogP contribution is -2.24. The molecule has 1 aromatic rings. The standard InChI is InChI=1S/C15H26N4O/c1-2-4-12-5-3-9-19(10-8-12)15-18-17-14(20-15)11-16-13-6-7-13/h12-13,16H,2-11H2,1H3. The highest BCUT2D eigenvalue weighted by Crippen LogP contribution is 2.25. The van der Waals surface area contributed by atoms with Crippen molar-refractivity contribution in [1.82, 2.24) is 15.5 Å². The van der Waals surface area contributed by atoms with Crippen LogP contribution in [0.2, 0.25) is 0 Å². The molecule has 1 saturated carbocycles. The molecule has 1 aliphatic carbocycles. The molecule has 5 nitrogen and oxygen atoms in total. The van der Waals surface area contributed by atoms with Crippen LogP contribution in [0.1, 0.15) is 57.8 Å². The average Bonchev–Trinajstić information content (AvgIpc) is 3.21. The zero-order chi connectivity index (χ0) is 13.8. The van der Waals surface area contributed by atoms with Crippen LogP contribution in [0.3, 0.4) is 0 Å². The summed E-state index contributed by atoms with van der Waals surface area (Å²) in [4.78, 5) is 2.27. The van der Waals surface area contributed by atoms with Gasteiger partial charge in [-0.15, -0.1) is 5.10 Å². The van der Waals surface area contributed by atoms with E-state index in [0.717, 1.165) is 30.9 Å². The van der Waals surface area contributed by atoms with Crippen LogP contribution in [0.5, 0.6) is 0 Å². The van der Waals surface area contributed by atoms with Crippen LogP contribution in [0.15, 0.2) is 4.42 Å². The molecule has 1 saturated heterocycles. The monoisotopic (exact) mass is 278 g/mol. The van der Waals surface area contributed by atoms with E-state index in [9.17, 15) is 0 Å². The summed E-state index contributed by atoms with van der Waals surface area (Å²) in [7, 11) is 0. The summed E-state index contributed by atoms with van der Waals surface area (Å²) >= 11 is 0. The molecule has 5 heteroatoms. The highest BCUT2D eigenvalue weighted by molar-refractivity contribution is 5.24. The molecule has 2 aliphatic rings. The number of nitrogens with zero attached hydrogens (tertiary/aromatic N) is 3. The maximum atomic E-state index is 5.79. The van der Waals surface area contributed by atoms with Gasteiger partial charge >= 0.3 is 6.01 Å². The van der Waals surface area contributed by atoms with Crippen LogP contribution in [-0.2, 0) is 6.54 Å². The first-order valence-corrected chi connectivity index (χ1v) is 8.16. The molecule has 2 heterocycles. The first kappa shape index (κ1) is 13.9. The molecule has 1 unspecified atom stereocenters. The summed E-state index contributed by atoms with van der Waals surface area (Å²) in [6.07, 6.45) is 9.05. The predicted octanol–water partition coefficient (Wildman–Crippen LogP) is 2.73. The van der Waals surface area contributed by atoms with Crippen LogP contribution >= 0.6 is 0 Å². The second-order valence-electron chi connectivity index (χ2n) is 6.21. The Balaban J connectivity index is 1.52. The van der Waals surface area contributed by atoms with Crippen molar-refractivity contribution in [2.75, 3.05) is 18.0 Å². The Morgan fingerprint density at radius 1 is 1.20 bits per heavy atom. The summed E-state index contributed by atoms with van der Waals surface area (Å²) in [6.45, 7) is 5.10. The molecule has 0 bridgehead atoms. The van der Waals surface area contributed by atoms with Crippen LogP contribution in [0.4, 0.5) is 6.01 Å². The minimum Gasteiger partial charge on any atom is -0.407 e. The molecular formula is C15H26N4O. The second-order valence-corrected chi connectivity index (χ2v) is 6.21. The lowest BCUT2D eigenvalue weighted by Gasteiger charge is -2.17. The lowest BCUT2D eigenvalue weighted by molar-refractivity contribution is 0.432. The number of anilines is 1. The number of rotatable bonds is 6. The van der Waals surface area contributed by atoms with E-state index < -0.39 is 0 Å². The molecule has 1 N–H and O–H groups in total. The van der Waals surface area contributed by atoms with Gasteiger partial charge in [0.2, 0.25) is 5.89 Å². The van der Waals surface area contributed by atoms with E-state index in [1.807, 2.05) is 0 Å². The average molecular weight is 278 g/mol. The molecule has 20 heavy (non-hydrogen) atoms. The zero-order valence-electron chi connectivity index (χ0n) is 12.5. The minimum atomic E-state index is 0.679. The van der Waals surface area contributed by atoms with Crippen molar-refractivity contribution in [2.24, 2.45) is 5.92 Å². The maximum Gasteiger partial charge on any atom is 0.318 e. The Kier molecular flexibility index (Phi) is 4.55. The summed E-state index contributed by atoms with van der Waals surface area (Å²) < 4.78 is 5.79. The van der Waals surface area contributed by atoms with Crippen LogP contribution in [0.25, 0.3) is 0 Å². The maximum absolute atomic E-state index is 5.79. The Hall–Kier alpha value is -1.10. The number of hydrogen-bond acceptors (Lipinski definition) is 5. The summed E-state index contributed by atoms with van der Waals surface area (Å²) in [5, 5.41) is 11.8. The largest absolute Gasteiger partial charge is 0.407 e. The van der Waals surface area contributed by atoms with E-state index in [-0.39, 0.29) is 0 Å². The van der Waals surface area contributed by atoms with Crippen molar-refractivity contribution >= 4 is 6.01 Å². The molecule has 112 valence electrons. The van der Waals surface area contributed by atoms with Crippen molar-refractivity contribution < 1.29 is 4.42 Å². The number of nitrogens with one attached hydrogen (secondary N) is 1. The van der Waals surface area contributed by atoms with E-state index in [1.165, 1.54) is 44.9 Å². The number of hydrogen-bond donors (Lipinski definition) is 1. The van der Waals surface area contributed by atoms with Crippen LogP contribution < -0.4 is 10.2 Å². The normalized spacial score (nSPS) is 23.9. The van der Waals surface area contributed by atoms with Gasteiger partial charge in [-0.2, -0.15) is 0 Å². The van der Waals surface area contributed by atoms with Gasteiger partial charge in [0.15, 0.2) is 0 Å². The molecule has 0 aromatic carbocycles. The van der Waals surface area contributed by atoms with Crippen molar-refractivity contribution in [3.05, 3.63) is 5.89 Å². The Morgan fingerprint density at radius 2 is 2.10 bits per heavy atom. The molecule has 3 rings (SSSR count). The van der Waals surface area contributed by atoms with E-state index in [0.29, 0.717) is 12.6 Å². The van der Waals surface area contributed by atoms with Gasteiger partial charge in [-0.05, 0) is 38.0 Å². The van der Waals surface area contributed by atoms with Gasteiger partial charge in [-0.1, -0.05) is 24.9 Å². The van der Waals surface area contributed by atoms with Gasteiger partial charge in [-0.3, -0.25) is 0 Å². The van der Waals surface area contributed by atoms with Gasteiger partial charge in [0, 0.05) is 19.1 Å². The van der Waals surface area contributed by atoms with E-state index >= 15 is 0 Å². The molecule has 0 radical (unpaired) electrons. The molecule has 0 amide bonds. The van der Waals surface area contributed by atoms with Gasteiger partial charge in [-0.25, -0.2) is 0 Å². The topological polar surface area (TPSA) is 54.2 Å². The summed E-state index contributed by atoms with van der Waals surface area (Å²) in [5.41, 5.74) is 0.